The molecule has 1 heterocycles. The van der Waals surface area contributed by atoms with E-state index in [0.717, 1.165) is 0 Å². The van der Waals surface area contributed by atoms with Crippen molar-refractivity contribution in [2.24, 2.45) is 17.6 Å². The first kappa shape index (κ1) is 29.5. The van der Waals surface area contributed by atoms with Gasteiger partial charge in [0.1, 0.15) is 22.8 Å². The van der Waals surface area contributed by atoms with Gasteiger partial charge in [-0.15, -0.1) is 0 Å². The second-order valence-corrected chi connectivity index (χ2v) is 11.5. The molecule has 42 heavy (non-hydrogen) atoms. The molecule has 1 aliphatic heterocycles. The van der Waals surface area contributed by atoms with Crippen LogP contribution in [-0.2, 0) is 38.5 Å². The van der Waals surface area contributed by atoms with Gasteiger partial charge in [-0.25, -0.2) is 4.79 Å². The maximum Gasteiger partial charge on any atom is 0.317 e. The number of aliphatic hydroxyl groups is 3. The minimum atomic E-state index is -2.70. The number of nitrogens with one attached hydrogen (secondary N) is 1. The van der Waals surface area contributed by atoms with E-state index in [0.29, 0.717) is 49.4 Å². The number of ether oxygens (including phenoxy) is 1. The summed E-state index contributed by atoms with van der Waals surface area (Å²) in [4.78, 5) is 55.3. The molecule has 0 bridgehead atoms. The number of hydrogen-bond donors (Lipinski definition) is 6. The number of nitrogens with zero attached hydrogens (tertiary/aromatic N) is 2. The van der Waals surface area contributed by atoms with Gasteiger partial charge in [0.2, 0.25) is 5.78 Å². The monoisotopic (exact) mass is 584 g/mol. The lowest BCUT2D eigenvalue weighted by Crippen LogP contribution is -2.65. The molecule has 1 aromatic rings. The fourth-order valence-electron chi connectivity index (χ4n) is 6.93. The molecule has 1 saturated carbocycles. The van der Waals surface area contributed by atoms with Crippen LogP contribution >= 0.6 is 0 Å². The van der Waals surface area contributed by atoms with Gasteiger partial charge in [0.25, 0.3) is 5.91 Å². The van der Waals surface area contributed by atoms with Crippen LogP contribution in [0.2, 0.25) is 0 Å². The quantitative estimate of drug-likeness (QED) is 0.257. The van der Waals surface area contributed by atoms with Gasteiger partial charge in [-0.2, -0.15) is 0 Å². The standard InChI is InChI=1S/C29H36N4O9/c1-4-13-9-15(12-31-28(40)33-5-7-42-8-6-33)16-10-14-11-17-21(32(2)3)24(36)20(27(30)39)26(38)29(17,41)25(37)18(14)23(35)19(16)22(13)34/h9,14,17,21,34-35,38,41H,4-8,10-12H2,1-3H3,(H2,30,39)(H,31,40)/t14-,17-,21-,29-/m0/s1. The summed E-state index contributed by atoms with van der Waals surface area (Å²) in [5.74, 6) is -6.94. The highest BCUT2D eigenvalue weighted by Crippen LogP contribution is 2.53. The van der Waals surface area contributed by atoms with Gasteiger partial charge < -0.3 is 41.1 Å². The number of carbonyl (C=O) groups excluding carboxylic acids is 4. The van der Waals surface area contributed by atoms with E-state index >= 15 is 0 Å². The number of aryl methyl sites for hydroxylation is 1. The largest absolute Gasteiger partial charge is 0.508 e. The zero-order valence-electron chi connectivity index (χ0n) is 23.8. The molecule has 2 fully saturated rings. The molecule has 4 atom stereocenters. The summed E-state index contributed by atoms with van der Waals surface area (Å²) >= 11 is 0. The third-order valence-corrected chi connectivity index (χ3v) is 9.00. The molecule has 226 valence electrons. The van der Waals surface area contributed by atoms with Gasteiger partial charge in [0, 0.05) is 31.1 Å². The van der Waals surface area contributed by atoms with Gasteiger partial charge in [0.15, 0.2) is 11.4 Å². The number of primary amides is 1. The van der Waals surface area contributed by atoms with Crippen molar-refractivity contribution in [3.8, 4) is 5.75 Å². The first-order valence-electron chi connectivity index (χ1n) is 14.0. The highest BCUT2D eigenvalue weighted by molar-refractivity contribution is 6.24. The van der Waals surface area contributed by atoms with Gasteiger partial charge >= 0.3 is 6.03 Å². The van der Waals surface area contributed by atoms with Gasteiger partial charge in [-0.05, 0) is 56.0 Å². The average Bonchev–Trinajstić information content (AvgIpc) is 2.94. The summed E-state index contributed by atoms with van der Waals surface area (Å²) in [6.07, 6.45) is 0.518. The Hall–Kier alpha value is -3.94. The van der Waals surface area contributed by atoms with E-state index < -0.39 is 58.0 Å². The maximum absolute atomic E-state index is 14.0. The van der Waals surface area contributed by atoms with E-state index in [4.69, 9.17) is 10.5 Å². The van der Waals surface area contributed by atoms with Gasteiger partial charge in [-0.1, -0.05) is 13.0 Å². The number of benzene rings is 1. The lowest BCUT2D eigenvalue weighted by molar-refractivity contribution is -0.153. The SMILES string of the molecule is CCc1cc(CNC(=O)N2CCOCC2)c2c(c1O)C(O)=C1C(=O)[C@]3(O)C(O)=C(C(N)=O)C(=O)[C@@H](N(C)C)[C@@H]3C[C@@H]1C2. The smallest absolute Gasteiger partial charge is 0.317 e. The molecule has 7 N–H and O–H groups in total. The van der Waals surface area contributed by atoms with Gasteiger partial charge in [0.05, 0.1) is 24.8 Å². The molecular formula is C29H36N4O9. The van der Waals surface area contributed by atoms with Crippen molar-refractivity contribution in [3.63, 3.8) is 0 Å². The number of phenolic OH excluding ortho intramolecular Hbond substituents is 1. The number of amides is 3. The number of morpholine rings is 1. The molecule has 0 aromatic heterocycles. The lowest BCUT2D eigenvalue weighted by Gasteiger charge is -2.50. The van der Waals surface area contributed by atoms with Crippen LogP contribution in [0, 0.1) is 11.8 Å². The van der Waals surface area contributed by atoms with Crippen LogP contribution in [0.5, 0.6) is 5.75 Å². The van der Waals surface area contributed by atoms with Crippen LogP contribution in [0.3, 0.4) is 0 Å². The molecule has 1 saturated heterocycles. The van der Waals surface area contributed by atoms with Crippen LogP contribution in [0.25, 0.3) is 5.76 Å². The number of ketones is 2. The Morgan fingerprint density at radius 2 is 1.83 bits per heavy atom. The Balaban J connectivity index is 1.61. The first-order chi connectivity index (χ1) is 19.8. The molecular weight excluding hydrogens is 548 g/mol. The summed E-state index contributed by atoms with van der Waals surface area (Å²) in [5.41, 5.74) is 3.26. The van der Waals surface area contributed by atoms with E-state index in [2.05, 4.69) is 5.32 Å². The number of carbonyl (C=O) groups is 4. The van der Waals surface area contributed by atoms with E-state index in [9.17, 15) is 39.6 Å². The third kappa shape index (κ3) is 4.34. The molecule has 13 heteroatoms. The summed E-state index contributed by atoms with van der Waals surface area (Å²) in [5, 5.41) is 48.3. The number of likely N-dealkylation sites (N-methyl/N-ethyl adjacent to an activating group) is 1. The van der Waals surface area contributed by atoms with Crippen molar-refractivity contribution in [2.45, 2.75) is 44.4 Å². The van der Waals surface area contributed by atoms with Crippen LogP contribution < -0.4 is 11.1 Å². The normalized spacial score (nSPS) is 27.5. The number of fused-ring (bicyclic) bond motifs is 3. The summed E-state index contributed by atoms with van der Waals surface area (Å²) in [6, 6.07) is 0.313. The summed E-state index contributed by atoms with van der Waals surface area (Å²) < 4.78 is 5.31. The van der Waals surface area contributed by atoms with Crippen molar-refractivity contribution in [1.29, 1.82) is 0 Å². The van der Waals surface area contributed by atoms with Crippen LogP contribution in [0.15, 0.2) is 23.0 Å². The number of aliphatic hydroxyl groups excluding tert-OH is 2. The first-order valence-corrected chi connectivity index (χ1v) is 14.0. The Morgan fingerprint density at radius 3 is 2.43 bits per heavy atom. The average molecular weight is 585 g/mol. The number of Topliss-reactive ketones (excluding diaryl/α,β-unsaturated/α-hetero) is 2. The minimum absolute atomic E-state index is 0.0123. The highest BCUT2D eigenvalue weighted by Gasteiger charge is 2.64. The second-order valence-electron chi connectivity index (χ2n) is 11.5. The van der Waals surface area contributed by atoms with E-state index in [1.165, 1.54) is 4.90 Å². The fourth-order valence-corrected chi connectivity index (χ4v) is 6.93. The molecule has 0 spiro atoms. The van der Waals surface area contributed by atoms with Crippen LogP contribution in [0.4, 0.5) is 4.79 Å². The molecule has 13 nitrogen and oxygen atoms in total. The number of hydrogen-bond acceptors (Lipinski definition) is 10. The Bertz CT molecular complexity index is 1440. The number of rotatable bonds is 5. The Kier molecular flexibility index (Phi) is 7.54. The summed E-state index contributed by atoms with van der Waals surface area (Å²) in [6.45, 7) is 3.68. The van der Waals surface area contributed by atoms with E-state index in [-0.39, 0.29) is 42.3 Å². The predicted molar refractivity (Wildman–Crippen MR) is 148 cm³/mol. The lowest BCUT2D eigenvalue weighted by atomic mass is 9.57. The molecule has 3 aliphatic carbocycles. The van der Waals surface area contributed by atoms with Crippen LogP contribution in [0.1, 0.15) is 35.6 Å². The van der Waals surface area contributed by atoms with Crippen molar-refractivity contribution in [3.05, 3.63) is 45.2 Å². The fraction of sp³-hybridized carbons (Fsp3) is 0.517. The predicted octanol–water partition coefficient (Wildman–Crippen LogP) is 0.0682. The third-order valence-electron chi connectivity index (χ3n) is 9.00. The molecule has 0 unspecified atom stereocenters. The number of aromatic hydroxyl groups is 1. The topological polar surface area (TPSA) is 203 Å². The molecule has 5 rings (SSSR count). The van der Waals surface area contributed by atoms with E-state index in [1.807, 2.05) is 0 Å². The summed E-state index contributed by atoms with van der Waals surface area (Å²) in [7, 11) is 3.10. The highest BCUT2D eigenvalue weighted by atomic mass is 16.5. The van der Waals surface area contributed by atoms with Crippen molar-refractivity contribution in [1.82, 2.24) is 15.1 Å². The number of nitrogens with two attached hydrogens (primary N) is 1. The van der Waals surface area contributed by atoms with Crippen molar-refractivity contribution in [2.75, 3.05) is 40.4 Å². The number of urea groups is 1. The minimum Gasteiger partial charge on any atom is -0.508 e. The zero-order valence-corrected chi connectivity index (χ0v) is 23.8. The maximum atomic E-state index is 14.0. The molecule has 4 aliphatic rings. The Labute approximate surface area is 242 Å². The van der Waals surface area contributed by atoms with Gasteiger partial charge in [-0.3, -0.25) is 19.3 Å². The molecule has 1 aromatic carbocycles. The van der Waals surface area contributed by atoms with Crippen LogP contribution in [-0.4, -0.2) is 106 Å². The Morgan fingerprint density at radius 1 is 1.17 bits per heavy atom. The molecule has 0 radical (unpaired) electrons. The van der Waals surface area contributed by atoms with Crippen molar-refractivity contribution >= 4 is 29.3 Å². The second kappa shape index (κ2) is 10.7. The van der Waals surface area contributed by atoms with Crippen molar-refractivity contribution < 1.29 is 44.3 Å². The zero-order chi connectivity index (χ0) is 30.7. The number of phenols is 1. The molecule has 3 amide bonds. The van der Waals surface area contributed by atoms with E-state index in [1.54, 1.807) is 32.0 Å².